The molecule has 0 aliphatic heterocycles. The van der Waals surface area contributed by atoms with Crippen molar-refractivity contribution in [3.05, 3.63) is 0 Å². The topological polar surface area (TPSA) is 57.5 Å². The van der Waals surface area contributed by atoms with Crippen LogP contribution in [0.1, 0.15) is 13.3 Å². The summed E-state index contributed by atoms with van der Waals surface area (Å²) in [6.45, 7) is 1.93. The Morgan fingerprint density at radius 1 is 1.78 bits per heavy atom. The van der Waals surface area contributed by atoms with Crippen molar-refractivity contribution in [1.29, 1.82) is 0 Å². The first-order valence-electron chi connectivity index (χ1n) is 2.71. The molecule has 54 valence electrons. The van der Waals surface area contributed by atoms with E-state index >= 15 is 0 Å². The molecule has 3 nitrogen and oxygen atoms in total. The molecule has 1 unspecified atom stereocenters. The van der Waals surface area contributed by atoms with Crippen LogP contribution in [0.2, 0.25) is 0 Å². The smallest absolute Gasteiger partial charge is 0.343 e. The Morgan fingerprint density at radius 2 is 2.33 bits per heavy atom. The highest BCUT2D eigenvalue weighted by Crippen LogP contribution is 2.08. The lowest BCUT2D eigenvalue weighted by atomic mass is 10.6. The number of rotatable bonds is 4. The summed E-state index contributed by atoms with van der Waals surface area (Å²) >= 11 is 1.04. The van der Waals surface area contributed by atoms with Crippen molar-refractivity contribution in [2.45, 2.75) is 18.8 Å². The first-order valence-corrected chi connectivity index (χ1v) is 3.75. The van der Waals surface area contributed by atoms with E-state index in [1.165, 1.54) is 0 Å². The zero-order valence-electron chi connectivity index (χ0n) is 5.20. The maximum Gasteiger partial charge on any atom is 0.343 e. The number of aliphatic hydroxyl groups is 1. The van der Waals surface area contributed by atoms with Gasteiger partial charge < -0.3 is 10.2 Å². The van der Waals surface area contributed by atoms with Gasteiger partial charge in [-0.1, -0.05) is 6.92 Å². The molecule has 0 bridgehead atoms. The number of hydrogen-bond donors (Lipinski definition) is 2. The van der Waals surface area contributed by atoms with Gasteiger partial charge >= 0.3 is 5.97 Å². The molecule has 0 saturated heterocycles. The molecular weight excluding hydrogens is 140 g/mol. The molecule has 0 amide bonds. The summed E-state index contributed by atoms with van der Waals surface area (Å²) in [5.41, 5.74) is -1.25. The molecule has 0 heterocycles. The maximum absolute atomic E-state index is 9.93. The van der Waals surface area contributed by atoms with Crippen molar-refractivity contribution in [1.82, 2.24) is 0 Å². The second-order valence-electron chi connectivity index (χ2n) is 1.56. The summed E-state index contributed by atoms with van der Waals surface area (Å²) in [7, 11) is 0. The van der Waals surface area contributed by atoms with Gasteiger partial charge in [-0.05, 0) is 12.2 Å². The van der Waals surface area contributed by atoms with Gasteiger partial charge in [-0.25, -0.2) is 4.79 Å². The number of hydrogen-bond acceptors (Lipinski definition) is 3. The van der Waals surface area contributed by atoms with E-state index in [2.05, 4.69) is 0 Å². The Morgan fingerprint density at radius 3 is 2.67 bits per heavy atom. The molecule has 0 spiro atoms. The van der Waals surface area contributed by atoms with E-state index in [4.69, 9.17) is 10.2 Å². The first-order chi connectivity index (χ1) is 4.18. The van der Waals surface area contributed by atoms with Gasteiger partial charge in [-0.3, -0.25) is 0 Å². The summed E-state index contributed by atoms with van der Waals surface area (Å²) in [5.74, 6) is -0.471. The summed E-state index contributed by atoms with van der Waals surface area (Å²) in [6, 6.07) is 0. The van der Waals surface area contributed by atoms with Crippen LogP contribution in [0.4, 0.5) is 0 Å². The second-order valence-corrected chi connectivity index (χ2v) is 2.75. The predicted molar refractivity (Wildman–Crippen MR) is 36.4 cm³/mol. The van der Waals surface area contributed by atoms with Gasteiger partial charge in [0.1, 0.15) is 0 Å². The summed E-state index contributed by atoms with van der Waals surface area (Å²) in [6.07, 6.45) is 0.884. The highest BCUT2D eigenvalue weighted by molar-refractivity contribution is 8.00. The number of carboxylic acids is 1. The van der Waals surface area contributed by atoms with Crippen molar-refractivity contribution in [3.8, 4) is 0 Å². The summed E-state index contributed by atoms with van der Waals surface area (Å²) < 4.78 is 0. The Balaban J connectivity index is 3.27. The fourth-order valence-electron chi connectivity index (χ4n) is 0.301. The molecule has 0 aromatic heterocycles. The largest absolute Gasteiger partial charge is 0.479 e. The average molecular weight is 150 g/mol. The van der Waals surface area contributed by atoms with Crippen LogP contribution in [0, 0.1) is 0 Å². The lowest BCUT2D eigenvalue weighted by molar-refractivity contribution is -0.141. The number of carbonyl (C=O) groups is 1. The average Bonchev–Trinajstić information content (AvgIpc) is 1.82. The predicted octanol–water partition coefficient (Wildman–Crippen LogP) is 0.533. The summed E-state index contributed by atoms with van der Waals surface area (Å²) in [5, 5.41) is 16.8. The molecule has 0 aromatic carbocycles. The third-order valence-electron chi connectivity index (χ3n) is 0.691. The monoisotopic (exact) mass is 150 g/mol. The minimum Gasteiger partial charge on any atom is -0.479 e. The van der Waals surface area contributed by atoms with Gasteiger partial charge in [0.25, 0.3) is 0 Å². The minimum absolute atomic E-state index is 0.688. The van der Waals surface area contributed by atoms with Gasteiger partial charge in [0, 0.05) is 0 Å². The van der Waals surface area contributed by atoms with Crippen molar-refractivity contribution in [3.63, 3.8) is 0 Å². The van der Waals surface area contributed by atoms with E-state index in [1.54, 1.807) is 0 Å². The van der Waals surface area contributed by atoms with Crippen LogP contribution >= 0.6 is 11.8 Å². The fraction of sp³-hybridized carbons (Fsp3) is 0.800. The van der Waals surface area contributed by atoms with Gasteiger partial charge in [0.15, 0.2) is 5.44 Å². The quantitative estimate of drug-likeness (QED) is 0.574. The van der Waals surface area contributed by atoms with E-state index < -0.39 is 11.4 Å². The van der Waals surface area contributed by atoms with Crippen LogP contribution in [-0.4, -0.2) is 27.4 Å². The van der Waals surface area contributed by atoms with Crippen LogP contribution in [0.15, 0.2) is 0 Å². The molecule has 0 rings (SSSR count). The lowest BCUT2D eigenvalue weighted by Crippen LogP contribution is -2.15. The Kier molecular flexibility index (Phi) is 4.53. The molecule has 0 aromatic rings. The van der Waals surface area contributed by atoms with Gasteiger partial charge in [-0.15, -0.1) is 11.8 Å². The number of thioether (sulfide) groups is 1. The van der Waals surface area contributed by atoms with Crippen LogP contribution in [0.3, 0.4) is 0 Å². The molecule has 4 heteroatoms. The highest BCUT2D eigenvalue weighted by atomic mass is 32.2. The zero-order valence-corrected chi connectivity index (χ0v) is 6.02. The lowest BCUT2D eigenvalue weighted by Gasteiger charge is -2.01. The van der Waals surface area contributed by atoms with Crippen molar-refractivity contribution in [2.24, 2.45) is 0 Å². The molecule has 9 heavy (non-hydrogen) atoms. The van der Waals surface area contributed by atoms with Crippen LogP contribution < -0.4 is 0 Å². The molecular formula is C5H10O3S. The van der Waals surface area contributed by atoms with Crippen molar-refractivity contribution < 1.29 is 15.0 Å². The SMILES string of the molecule is CCCSC(O)C(=O)O. The highest BCUT2D eigenvalue weighted by Gasteiger charge is 2.11. The van der Waals surface area contributed by atoms with Crippen molar-refractivity contribution in [2.75, 3.05) is 5.75 Å². The molecule has 0 aliphatic carbocycles. The number of aliphatic hydroxyl groups excluding tert-OH is 1. The standard InChI is InChI=1S/C5H10O3S/c1-2-3-9-5(8)4(6)7/h5,8H,2-3H2,1H3,(H,6,7). The number of carboxylic acid groups (broad SMARTS) is 1. The van der Waals surface area contributed by atoms with E-state index in [-0.39, 0.29) is 0 Å². The fourth-order valence-corrected chi connectivity index (χ4v) is 0.902. The van der Waals surface area contributed by atoms with Crippen molar-refractivity contribution >= 4 is 17.7 Å². The van der Waals surface area contributed by atoms with E-state index in [0.717, 1.165) is 18.2 Å². The Bertz CT molecular complexity index is 94.2. The van der Waals surface area contributed by atoms with Crippen LogP contribution in [0.5, 0.6) is 0 Å². The molecule has 0 aliphatic rings. The molecule has 2 N–H and O–H groups in total. The molecule has 0 fully saturated rings. The van der Waals surface area contributed by atoms with E-state index in [0.29, 0.717) is 5.75 Å². The molecule has 0 saturated carbocycles. The normalized spacial score (nSPS) is 13.1. The third kappa shape index (κ3) is 4.29. The second kappa shape index (κ2) is 4.64. The van der Waals surface area contributed by atoms with Gasteiger partial charge in [-0.2, -0.15) is 0 Å². The Hall–Kier alpha value is -0.220. The van der Waals surface area contributed by atoms with E-state index in [1.807, 2.05) is 6.92 Å². The van der Waals surface area contributed by atoms with Crippen LogP contribution in [-0.2, 0) is 4.79 Å². The van der Waals surface area contributed by atoms with Gasteiger partial charge in [0.05, 0.1) is 0 Å². The Labute approximate surface area is 58.1 Å². The molecule has 0 radical (unpaired) electrons. The van der Waals surface area contributed by atoms with Crippen LogP contribution in [0.25, 0.3) is 0 Å². The summed E-state index contributed by atoms with van der Waals surface area (Å²) in [4.78, 5) is 9.93. The number of aliphatic carboxylic acids is 1. The maximum atomic E-state index is 9.93. The third-order valence-corrected chi connectivity index (χ3v) is 1.85. The first kappa shape index (κ1) is 8.78. The molecule has 1 atom stereocenters. The van der Waals surface area contributed by atoms with Gasteiger partial charge in [0.2, 0.25) is 0 Å². The zero-order chi connectivity index (χ0) is 7.28. The van der Waals surface area contributed by atoms with E-state index in [9.17, 15) is 4.79 Å². The minimum atomic E-state index is -1.25.